The van der Waals surface area contributed by atoms with Crippen molar-refractivity contribution >= 4 is 47.0 Å². The van der Waals surface area contributed by atoms with Crippen LogP contribution in [0.15, 0.2) is 78.9 Å². The molecule has 1 aliphatic heterocycles. The summed E-state index contributed by atoms with van der Waals surface area (Å²) in [6, 6.07) is 20.1. The minimum atomic E-state index is -1.49. The van der Waals surface area contributed by atoms with Gasteiger partial charge in [-0.05, 0) is 48.2 Å². The molecule has 1 atom stereocenters. The molecular formula is C29H29N5O7. The van der Waals surface area contributed by atoms with Gasteiger partial charge in [0.15, 0.2) is 6.04 Å². The maximum atomic E-state index is 12.7. The number of nitrogens with one attached hydrogen (secondary N) is 4. The van der Waals surface area contributed by atoms with Gasteiger partial charge in [-0.1, -0.05) is 54.6 Å². The molecule has 0 bridgehead atoms. The van der Waals surface area contributed by atoms with Crippen LogP contribution in [-0.4, -0.2) is 35.9 Å². The Morgan fingerprint density at radius 2 is 1.54 bits per heavy atom. The SMILES string of the molecule is NC(=O)OC(CCCC(=O)OCc1ccccc1)c1cccc(NC(=O)NC2C(=O)Nc3ccccc3NC2=O)c1. The van der Waals surface area contributed by atoms with Crippen molar-refractivity contribution in [3.8, 4) is 0 Å². The quantitative estimate of drug-likeness (QED) is 0.185. The van der Waals surface area contributed by atoms with Crippen molar-refractivity contribution in [2.24, 2.45) is 5.73 Å². The molecule has 5 amide bonds. The van der Waals surface area contributed by atoms with Crippen molar-refractivity contribution in [2.75, 3.05) is 16.0 Å². The molecule has 12 heteroatoms. The Morgan fingerprint density at radius 1 is 0.878 bits per heavy atom. The zero-order chi connectivity index (χ0) is 29.2. The van der Waals surface area contributed by atoms with Crippen LogP contribution < -0.4 is 27.0 Å². The van der Waals surface area contributed by atoms with Gasteiger partial charge in [0, 0.05) is 12.1 Å². The smallest absolute Gasteiger partial charge is 0.405 e. The molecule has 41 heavy (non-hydrogen) atoms. The van der Waals surface area contributed by atoms with Crippen LogP contribution in [0.4, 0.5) is 26.7 Å². The van der Waals surface area contributed by atoms with Gasteiger partial charge >= 0.3 is 18.1 Å². The number of carbonyl (C=O) groups excluding carboxylic acids is 5. The minimum Gasteiger partial charge on any atom is -0.461 e. The first-order chi connectivity index (χ1) is 19.8. The van der Waals surface area contributed by atoms with Crippen LogP contribution in [0.25, 0.3) is 0 Å². The summed E-state index contributed by atoms with van der Waals surface area (Å²) in [5, 5.41) is 10.1. The predicted molar refractivity (Wildman–Crippen MR) is 150 cm³/mol. The summed E-state index contributed by atoms with van der Waals surface area (Å²) >= 11 is 0. The average molecular weight is 560 g/mol. The van der Waals surface area contributed by atoms with Crippen LogP contribution in [0.5, 0.6) is 0 Å². The second-order valence-electron chi connectivity index (χ2n) is 9.15. The molecule has 0 fully saturated rings. The molecule has 212 valence electrons. The van der Waals surface area contributed by atoms with Gasteiger partial charge in [0.1, 0.15) is 12.7 Å². The zero-order valence-corrected chi connectivity index (χ0v) is 21.9. The van der Waals surface area contributed by atoms with E-state index in [4.69, 9.17) is 15.2 Å². The molecule has 12 nitrogen and oxygen atoms in total. The lowest BCUT2D eigenvalue weighted by Gasteiger charge is -2.18. The van der Waals surface area contributed by atoms with Crippen molar-refractivity contribution in [3.63, 3.8) is 0 Å². The first-order valence-corrected chi connectivity index (χ1v) is 12.8. The number of nitrogens with two attached hydrogens (primary N) is 1. The van der Waals surface area contributed by atoms with Crippen LogP contribution in [-0.2, 0) is 30.5 Å². The number of para-hydroxylation sites is 2. The summed E-state index contributed by atoms with van der Waals surface area (Å²) in [5.74, 6) is -1.80. The highest BCUT2D eigenvalue weighted by molar-refractivity contribution is 6.20. The predicted octanol–water partition coefficient (Wildman–Crippen LogP) is 3.82. The number of esters is 1. The second kappa shape index (κ2) is 13.6. The van der Waals surface area contributed by atoms with Gasteiger partial charge in [-0.15, -0.1) is 0 Å². The van der Waals surface area contributed by atoms with Crippen molar-refractivity contribution < 1.29 is 33.4 Å². The highest BCUT2D eigenvalue weighted by Crippen LogP contribution is 2.27. The number of amides is 5. The number of anilines is 3. The number of hydrogen-bond donors (Lipinski definition) is 5. The Morgan fingerprint density at radius 3 is 2.20 bits per heavy atom. The van der Waals surface area contributed by atoms with Crippen molar-refractivity contribution in [1.29, 1.82) is 0 Å². The third kappa shape index (κ3) is 8.30. The summed E-state index contributed by atoms with van der Waals surface area (Å²) in [7, 11) is 0. The number of rotatable bonds is 10. The largest absolute Gasteiger partial charge is 0.461 e. The summed E-state index contributed by atoms with van der Waals surface area (Å²) in [5.41, 5.74) is 7.77. The summed E-state index contributed by atoms with van der Waals surface area (Å²) in [4.78, 5) is 61.5. The molecule has 3 aromatic carbocycles. The van der Waals surface area contributed by atoms with Crippen LogP contribution >= 0.6 is 0 Å². The van der Waals surface area contributed by atoms with Crippen LogP contribution in [0.1, 0.15) is 36.5 Å². The summed E-state index contributed by atoms with van der Waals surface area (Å²) in [6.07, 6.45) is -1.08. The number of benzene rings is 3. The first kappa shape index (κ1) is 28.6. The van der Waals surface area contributed by atoms with E-state index in [1.807, 2.05) is 30.3 Å². The molecule has 1 unspecified atom stereocenters. The van der Waals surface area contributed by atoms with Gasteiger partial charge in [0.05, 0.1) is 11.4 Å². The topological polar surface area (TPSA) is 178 Å². The molecule has 0 aliphatic carbocycles. The Balaban J connectivity index is 1.33. The van der Waals surface area contributed by atoms with Gasteiger partial charge < -0.3 is 36.5 Å². The molecule has 4 rings (SSSR count). The van der Waals surface area contributed by atoms with E-state index >= 15 is 0 Å². The van der Waals surface area contributed by atoms with E-state index in [0.717, 1.165) is 5.56 Å². The molecule has 3 aromatic rings. The van der Waals surface area contributed by atoms with Gasteiger partial charge in [0.25, 0.3) is 11.8 Å². The molecular weight excluding hydrogens is 530 g/mol. The van der Waals surface area contributed by atoms with E-state index < -0.39 is 42.1 Å². The number of carbonyl (C=O) groups is 5. The Hall–Kier alpha value is -5.39. The lowest BCUT2D eigenvalue weighted by Crippen LogP contribution is -2.51. The van der Waals surface area contributed by atoms with Crippen molar-refractivity contribution in [3.05, 3.63) is 90.0 Å². The fraction of sp³-hybridized carbons (Fsp3) is 0.207. The molecule has 1 heterocycles. The minimum absolute atomic E-state index is 0.0984. The summed E-state index contributed by atoms with van der Waals surface area (Å²) < 4.78 is 10.5. The highest BCUT2D eigenvalue weighted by Gasteiger charge is 2.32. The molecule has 0 spiro atoms. The van der Waals surface area contributed by atoms with Crippen molar-refractivity contribution in [1.82, 2.24) is 5.32 Å². The number of urea groups is 1. The molecule has 1 aliphatic rings. The van der Waals surface area contributed by atoms with E-state index in [2.05, 4.69) is 21.3 Å². The van der Waals surface area contributed by atoms with Gasteiger partial charge in [-0.2, -0.15) is 0 Å². The average Bonchev–Trinajstić information content (AvgIpc) is 3.07. The van der Waals surface area contributed by atoms with E-state index in [9.17, 15) is 24.0 Å². The van der Waals surface area contributed by atoms with Gasteiger partial charge in [-0.25, -0.2) is 9.59 Å². The fourth-order valence-corrected chi connectivity index (χ4v) is 4.15. The molecule has 0 saturated carbocycles. The normalized spacial score (nSPS) is 13.5. The van der Waals surface area contributed by atoms with E-state index in [1.54, 1.807) is 48.5 Å². The monoisotopic (exact) mass is 559 g/mol. The number of hydrogen-bond acceptors (Lipinski definition) is 7. The van der Waals surface area contributed by atoms with Crippen LogP contribution in [0, 0.1) is 0 Å². The number of primary amides is 1. The number of ether oxygens (including phenoxy) is 2. The second-order valence-corrected chi connectivity index (χ2v) is 9.15. The third-order valence-corrected chi connectivity index (χ3v) is 6.11. The lowest BCUT2D eigenvalue weighted by atomic mass is 10.0. The van der Waals surface area contributed by atoms with Gasteiger partial charge in [0.2, 0.25) is 0 Å². The first-order valence-electron chi connectivity index (χ1n) is 12.8. The lowest BCUT2D eigenvalue weighted by molar-refractivity contribution is -0.145. The zero-order valence-electron chi connectivity index (χ0n) is 21.9. The van der Waals surface area contributed by atoms with Crippen LogP contribution in [0.3, 0.4) is 0 Å². The van der Waals surface area contributed by atoms with E-state index in [1.165, 1.54) is 0 Å². The Labute approximate surface area is 235 Å². The van der Waals surface area contributed by atoms with E-state index in [-0.39, 0.29) is 19.4 Å². The molecule has 0 radical (unpaired) electrons. The Bertz CT molecular complexity index is 1390. The van der Waals surface area contributed by atoms with Gasteiger partial charge in [-0.3, -0.25) is 14.4 Å². The van der Waals surface area contributed by atoms with Crippen molar-refractivity contribution in [2.45, 2.75) is 38.0 Å². The Kier molecular flexibility index (Phi) is 9.49. The molecule has 6 N–H and O–H groups in total. The summed E-state index contributed by atoms with van der Waals surface area (Å²) in [6.45, 7) is 0.160. The maximum absolute atomic E-state index is 12.7. The standard InChI is InChI=1S/C29H29N5O7/c30-28(38)41-23(14-7-15-24(35)40-17-18-8-2-1-3-9-18)19-10-6-11-20(16-19)31-29(39)34-25-26(36)32-21-12-4-5-13-22(21)33-27(25)37/h1-6,8-13,16,23,25H,7,14-15,17H2,(H2,30,38)(H,32,36)(H,33,37)(H2,31,34,39). The van der Waals surface area contributed by atoms with Crippen LogP contribution in [0.2, 0.25) is 0 Å². The maximum Gasteiger partial charge on any atom is 0.405 e. The highest BCUT2D eigenvalue weighted by atomic mass is 16.6. The third-order valence-electron chi connectivity index (χ3n) is 6.11. The molecule has 0 aromatic heterocycles. The molecule has 0 saturated heterocycles. The van der Waals surface area contributed by atoms with E-state index in [0.29, 0.717) is 29.0 Å². The number of fused-ring (bicyclic) bond motifs is 1. The fourth-order valence-electron chi connectivity index (χ4n) is 4.15.